The molecule has 1 heterocycles. The maximum absolute atomic E-state index is 13.8. The van der Waals surface area contributed by atoms with Gasteiger partial charge in [-0.1, -0.05) is 103 Å². The number of rotatable bonds is 45. The molecule has 77 heavy (non-hydrogen) atoms. The number of hydrogen-bond donors (Lipinski definition) is 1. The first-order valence-electron chi connectivity index (χ1n) is 30.4. The average Bonchev–Trinajstić information content (AvgIpc) is 4.08. The predicted octanol–water partition coefficient (Wildman–Crippen LogP) is 12.2. The minimum atomic E-state index is -1.47. The van der Waals surface area contributed by atoms with E-state index in [4.69, 9.17) is 33.2 Å². The van der Waals surface area contributed by atoms with Crippen molar-refractivity contribution >= 4 is 41.9 Å². The molecule has 3 fully saturated rings. The number of carbonyl (C=O) groups is 7. The van der Waals surface area contributed by atoms with E-state index in [9.17, 15) is 33.6 Å². The van der Waals surface area contributed by atoms with Crippen LogP contribution in [0.15, 0.2) is 24.3 Å². The fourth-order valence-corrected chi connectivity index (χ4v) is 10.3. The lowest BCUT2D eigenvalue weighted by atomic mass is 9.81. The van der Waals surface area contributed by atoms with Gasteiger partial charge in [0.2, 0.25) is 0 Å². The van der Waals surface area contributed by atoms with Gasteiger partial charge in [0.25, 0.3) is 0 Å². The Morgan fingerprint density at radius 3 is 1.47 bits per heavy atom. The summed E-state index contributed by atoms with van der Waals surface area (Å²) in [5.74, 6) is -2.20. The first-order valence-corrected chi connectivity index (χ1v) is 30.4. The van der Waals surface area contributed by atoms with E-state index < -0.39 is 55.3 Å². The van der Waals surface area contributed by atoms with Crippen LogP contribution in [0, 0.1) is 23.2 Å². The molecule has 0 aromatic rings. The van der Waals surface area contributed by atoms with Crippen molar-refractivity contribution in [2.45, 2.75) is 232 Å². The van der Waals surface area contributed by atoms with Crippen LogP contribution in [0.5, 0.6) is 0 Å². The minimum Gasteiger partial charge on any atom is -0.465 e. The lowest BCUT2D eigenvalue weighted by molar-refractivity contribution is -0.173. The molecule has 440 valence electrons. The zero-order chi connectivity index (χ0) is 55.6. The van der Waals surface area contributed by atoms with Gasteiger partial charge in [0.05, 0.1) is 19.1 Å². The van der Waals surface area contributed by atoms with E-state index in [0.29, 0.717) is 76.5 Å². The molecule has 16 nitrogen and oxygen atoms in total. The third kappa shape index (κ3) is 32.9. The number of carbonyl (C=O) groups excluding carboxylic acids is 7. The second-order valence-electron chi connectivity index (χ2n) is 22.1. The van der Waals surface area contributed by atoms with Crippen molar-refractivity contribution < 1.29 is 66.7 Å². The highest BCUT2D eigenvalue weighted by Gasteiger charge is 2.41. The molecule has 0 aromatic heterocycles. The lowest BCUT2D eigenvalue weighted by Gasteiger charge is -2.33. The van der Waals surface area contributed by atoms with E-state index >= 15 is 0 Å². The van der Waals surface area contributed by atoms with Crippen LogP contribution in [-0.4, -0.2) is 119 Å². The molecule has 2 bridgehead atoms. The number of allylic oxidation sites excluding steroid dienone is 2. The SMILES string of the molecule is CCCCC/C=C\CCOC(=O)CCCCC(=O)OCC(COC(=O)CCCCC(=O)OCC/C=C\CCCCC)(COC(=O)CCC(CCCCCC)OC(=O)NCCN1CCCC1)COC(=O)C1CC2CCC(C2)C1. The van der Waals surface area contributed by atoms with Gasteiger partial charge in [-0.15, -0.1) is 0 Å². The number of nitrogens with one attached hydrogen (secondary N) is 1. The van der Waals surface area contributed by atoms with Crippen LogP contribution in [-0.2, 0) is 61.9 Å². The number of hydrogen-bond acceptors (Lipinski definition) is 15. The van der Waals surface area contributed by atoms with E-state index in [1.807, 2.05) is 12.2 Å². The molecule has 1 aliphatic heterocycles. The van der Waals surface area contributed by atoms with Gasteiger partial charge in [-0.2, -0.15) is 0 Å². The van der Waals surface area contributed by atoms with Crippen LogP contribution in [0.3, 0.4) is 0 Å². The Hall–Kier alpha value is -4.47. The molecular weight excluding hydrogens is 985 g/mol. The molecule has 2 saturated carbocycles. The smallest absolute Gasteiger partial charge is 0.407 e. The highest BCUT2D eigenvalue weighted by atomic mass is 16.6. The third-order valence-corrected chi connectivity index (χ3v) is 15.0. The monoisotopic (exact) mass is 1090 g/mol. The van der Waals surface area contributed by atoms with Crippen molar-refractivity contribution in [1.29, 1.82) is 0 Å². The molecule has 1 amide bonds. The molecule has 3 atom stereocenters. The first-order chi connectivity index (χ1) is 37.4. The van der Waals surface area contributed by atoms with Crippen LogP contribution in [0.2, 0.25) is 0 Å². The quantitative estimate of drug-likeness (QED) is 0.0261. The summed E-state index contributed by atoms with van der Waals surface area (Å²) in [4.78, 5) is 94.2. The van der Waals surface area contributed by atoms with Crippen LogP contribution < -0.4 is 5.32 Å². The standard InChI is InChI=1S/C61H102N2O14/c1-4-7-10-13-15-17-26-41-71-54(64)29-20-22-31-56(66)73-46-61(49-76-59(69)52-44-50-33-34-51(43-50)45-52,47-74-57(67)32-23-21-30-55(65)72-42-27-18-16-14-11-8-5-2)48-75-58(68)36-35-53(28-19-12-9-6-3)77-60(70)62-37-40-63-38-24-25-39-63/h15-18,50-53H,4-14,19-49H2,1-3H3,(H,62,70)/b17-15-,18-16-. The molecular formula is C61H102N2O14. The van der Waals surface area contributed by atoms with Gasteiger partial charge in [-0.3, -0.25) is 28.8 Å². The number of esters is 6. The fraction of sp³-hybridized carbons (Fsp3) is 0.820. The van der Waals surface area contributed by atoms with Gasteiger partial charge in [0, 0.05) is 45.2 Å². The van der Waals surface area contributed by atoms with Crippen molar-refractivity contribution in [1.82, 2.24) is 10.2 Å². The molecule has 3 unspecified atom stereocenters. The van der Waals surface area contributed by atoms with E-state index in [1.165, 1.54) is 25.7 Å². The van der Waals surface area contributed by atoms with Crippen molar-refractivity contribution in [3.63, 3.8) is 0 Å². The molecule has 0 spiro atoms. The van der Waals surface area contributed by atoms with Gasteiger partial charge in [-0.05, 0) is 141 Å². The van der Waals surface area contributed by atoms with E-state index in [-0.39, 0.29) is 69.0 Å². The van der Waals surface area contributed by atoms with Crippen molar-refractivity contribution in [2.75, 3.05) is 65.8 Å². The van der Waals surface area contributed by atoms with Crippen LogP contribution in [0.4, 0.5) is 4.79 Å². The largest absolute Gasteiger partial charge is 0.465 e. The maximum Gasteiger partial charge on any atom is 0.407 e. The van der Waals surface area contributed by atoms with Crippen molar-refractivity contribution in [3.8, 4) is 0 Å². The normalized spacial score (nSPS) is 17.8. The van der Waals surface area contributed by atoms with Gasteiger partial charge in [0.1, 0.15) is 37.9 Å². The fourth-order valence-electron chi connectivity index (χ4n) is 10.3. The maximum atomic E-state index is 13.8. The number of amides is 1. The highest BCUT2D eigenvalue weighted by molar-refractivity contribution is 5.73. The molecule has 1 saturated heterocycles. The summed E-state index contributed by atoms with van der Waals surface area (Å²) in [5.41, 5.74) is -1.47. The Morgan fingerprint density at radius 1 is 0.506 bits per heavy atom. The number of nitrogens with zero attached hydrogens (tertiary/aromatic N) is 1. The molecule has 3 aliphatic rings. The second-order valence-corrected chi connectivity index (χ2v) is 22.1. The van der Waals surface area contributed by atoms with E-state index in [0.717, 1.165) is 116 Å². The summed E-state index contributed by atoms with van der Waals surface area (Å²) < 4.78 is 40.2. The minimum absolute atomic E-state index is 0.0161. The summed E-state index contributed by atoms with van der Waals surface area (Å²) in [5, 5.41) is 2.86. The number of unbranched alkanes of at least 4 members (excludes halogenated alkanes) is 11. The van der Waals surface area contributed by atoms with Crippen LogP contribution in [0.1, 0.15) is 226 Å². The second kappa shape index (κ2) is 42.5. The lowest BCUT2D eigenvalue weighted by Crippen LogP contribution is -2.44. The summed E-state index contributed by atoms with van der Waals surface area (Å²) >= 11 is 0. The number of ether oxygens (including phenoxy) is 7. The molecule has 0 aromatic carbocycles. The Kier molecular flexibility index (Phi) is 36.9. The molecule has 0 radical (unpaired) electrons. The summed E-state index contributed by atoms with van der Waals surface area (Å²) in [6, 6.07) is 0. The summed E-state index contributed by atoms with van der Waals surface area (Å²) in [7, 11) is 0. The topological polar surface area (TPSA) is 199 Å². The number of likely N-dealkylation sites (tertiary alicyclic amines) is 1. The first kappa shape index (κ1) is 66.8. The van der Waals surface area contributed by atoms with Crippen LogP contribution in [0.25, 0.3) is 0 Å². The Morgan fingerprint density at radius 2 is 0.961 bits per heavy atom. The zero-order valence-electron chi connectivity index (χ0n) is 48.0. The van der Waals surface area contributed by atoms with E-state index in [2.05, 4.69) is 43.1 Å². The molecule has 2 aliphatic carbocycles. The van der Waals surface area contributed by atoms with Gasteiger partial charge in [-0.25, -0.2) is 4.79 Å². The molecule has 1 N–H and O–H groups in total. The Labute approximate surface area is 462 Å². The molecule has 3 rings (SSSR count). The van der Waals surface area contributed by atoms with Gasteiger partial charge in [0.15, 0.2) is 0 Å². The Bertz CT molecular complexity index is 1660. The summed E-state index contributed by atoms with van der Waals surface area (Å²) in [6.45, 7) is 8.73. The van der Waals surface area contributed by atoms with Crippen LogP contribution >= 0.6 is 0 Å². The number of fused-ring (bicyclic) bond motifs is 2. The van der Waals surface area contributed by atoms with E-state index in [1.54, 1.807) is 0 Å². The number of alkyl carbamates (subject to hydrolysis) is 1. The van der Waals surface area contributed by atoms with Gasteiger partial charge >= 0.3 is 41.9 Å². The highest BCUT2D eigenvalue weighted by Crippen LogP contribution is 2.45. The predicted molar refractivity (Wildman–Crippen MR) is 296 cm³/mol. The molecule has 16 heteroatoms. The third-order valence-electron chi connectivity index (χ3n) is 15.0. The van der Waals surface area contributed by atoms with Crippen molar-refractivity contribution in [2.24, 2.45) is 23.2 Å². The average molecular weight is 1090 g/mol. The van der Waals surface area contributed by atoms with Gasteiger partial charge < -0.3 is 43.4 Å². The van der Waals surface area contributed by atoms with Crippen molar-refractivity contribution in [3.05, 3.63) is 24.3 Å². The zero-order valence-corrected chi connectivity index (χ0v) is 48.0. The summed E-state index contributed by atoms with van der Waals surface area (Å²) in [6.07, 6.45) is 30.9. The Balaban J connectivity index is 1.66.